The Morgan fingerprint density at radius 1 is 1.41 bits per heavy atom. The van der Waals surface area contributed by atoms with Crippen molar-refractivity contribution in [3.8, 4) is 11.4 Å². The summed E-state index contributed by atoms with van der Waals surface area (Å²) in [5.74, 6) is -0.0671. The molecule has 4 heterocycles. The van der Waals surface area contributed by atoms with Crippen LogP contribution in [0.4, 0.5) is 15.0 Å². The van der Waals surface area contributed by atoms with Crippen LogP contribution in [0.1, 0.15) is 19.8 Å². The molecule has 1 saturated heterocycles. The Hall–Kier alpha value is -2.94. The van der Waals surface area contributed by atoms with Crippen LogP contribution < -0.4 is 10.6 Å². The first-order chi connectivity index (χ1) is 14.0. The SMILES string of the molecule is CCNC(=O)N1CCC[C@H](Nc2nc(-c3c[nH]c4ncc(Cl)cc34)ncc2F)C1. The number of carbonyl (C=O) groups excluding carboxylic acids is 1. The van der Waals surface area contributed by atoms with Crippen molar-refractivity contribution in [3.63, 3.8) is 0 Å². The molecule has 3 aromatic rings. The summed E-state index contributed by atoms with van der Waals surface area (Å²) in [5, 5.41) is 7.19. The summed E-state index contributed by atoms with van der Waals surface area (Å²) in [6.45, 7) is 3.62. The predicted molar refractivity (Wildman–Crippen MR) is 109 cm³/mol. The van der Waals surface area contributed by atoms with Crippen LogP contribution in [0.2, 0.25) is 5.02 Å². The molecule has 1 atom stereocenters. The minimum absolute atomic E-state index is 0.0947. The molecule has 3 aromatic heterocycles. The van der Waals surface area contributed by atoms with Crippen LogP contribution in [-0.4, -0.2) is 56.5 Å². The van der Waals surface area contributed by atoms with Crippen molar-refractivity contribution in [1.29, 1.82) is 0 Å². The second-order valence-corrected chi connectivity index (χ2v) is 7.34. The van der Waals surface area contributed by atoms with E-state index in [-0.39, 0.29) is 17.9 Å². The summed E-state index contributed by atoms with van der Waals surface area (Å²) in [5.41, 5.74) is 1.34. The molecule has 1 fully saturated rings. The fourth-order valence-corrected chi connectivity index (χ4v) is 3.65. The van der Waals surface area contributed by atoms with Gasteiger partial charge in [0.2, 0.25) is 0 Å². The van der Waals surface area contributed by atoms with Gasteiger partial charge in [-0.1, -0.05) is 11.6 Å². The van der Waals surface area contributed by atoms with Gasteiger partial charge in [-0.2, -0.15) is 0 Å². The second kappa shape index (κ2) is 8.20. The molecule has 1 aliphatic rings. The number of nitrogens with zero attached hydrogens (tertiary/aromatic N) is 4. The zero-order valence-corrected chi connectivity index (χ0v) is 16.6. The Labute approximate surface area is 171 Å². The molecule has 0 unspecified atom stereocenters. The maximum absolute atomic E-state index is 14.4. The molecule has 3 N–H and O–H groups in total. The Morgan fingerprint density at radius 2 is 2.28 bits per heavy atom. The average Bonchev–Trinajstić information content (AvgIpc) is 3.13. The van der Waals surface area contributed by atoms with E-state index in [0.717, 1.165) is 24.4 Å². The lowest BCUT2D eigenvalue weighted by molar-refractivity contribution is 0.183. The van der Waals surface area contributed by atoms with E-state index in [2.05, 4.69) is 30.6 Å². The van der Waals surface area contributed by atoms with E-state index in [1.54, 1.807) is 23.4 Å². The van der Waals surface area contributed by atoms with E-state index in [4.69, 9.17) is 11.6 Å². The van der Waals surface area contributed by atoms with Crippen LogP contribution >= 0.6 is 11.6 Å². The molecule has 8 nitrogen and oxygen atoms in total. The highest BCUT2D eigenvalue weighted by Crippen LogP contribution is 2.28. The first-order valence-electron chi connectivity index (χ1n) is 9.50. The Balaban J connectivity index is 1.57. The van der Waals surface area contributed by atoms with Crippen LogP contribution in [0.3, 0.4) is 0 Å². The van der Waals surface area contributed by atoms with Gasteiger partial charge in [0, 0.05) is 49.0 Å². The van der Waals surface area contributed by atoms with Gasteiger partial charge < -0.3 is 20.5 Å². The highest BCUT2D eigenvalue weighted by Gasteiger charge is 2.24. The van der Waals surface area contributed by atoms with Crippen molar-refractivity contribution in [3.05, 3.63) is 35.5 Å². The third kappa shape index (κ3) is 4.09. The van der Waals surface area contributed by atoms with Crippen molar-refractivity contribution in [1.82, 2.24) is 30.2 Å². The lowest BCUT2D eigenvalue weighted by Gasteiger charge is -2.33. The summed E-state index contributed by atoms with van der Waals surface area (Å²) >= 11 is 6.06. The van der Waals surface area contributed by atoms with Crippen LogP contribution in [0.25, 0.3) is 22.4 Å². The van der Waals surface area contributed by atoms with E-state index in [0.29, 0.717) is 41.7 Å². The largest absolute Gasteiger partial charge is 0.363 e. The predicted octanol–water partition coefficient (Wildman–Crippen LogP) is 3.42. The van der Waals surface area contributed by atoms with E-state index in [1.165, 1.54) is 0 Å². The van der Waals surface area contributed by atoms with Crippen molar-refractivity contribution in [2.75, 3.05) is 25.0 Å². The number of aromatic amines is 1. The van der Waals surface area contributed by atoms with E-state index in [1.807, 2.05) is 6.92 Å². The summed E-state index contributed by atoms with van der Waals surface area (Å²) in [7, 11) is 0. The Bertz CT molecular complexity index is 1040. The van der Waals surface area contributed by atoms with Gasteiger partial charge in [-0.15, -0.1) is 0 Å². The number of rotatable bonds is 4. The highest BCUT2D eigenvalue weighted by molar-refractivity contribution is 6.31. The first kappa shape index (κ1) is 19.4. The number of aromatic nitrogens is 4. The number of hydrogen-bond acceptors (Lipinski definition) is 5. The van der Waals surface area contributed by atoms with Gasteiger partial charge in [0.05, 0.1) is 11.2 Å². The minimum Gasteiger partial charge on any atom is -0.363 e. The van der Waals surface area contributed by atoms with Crippen LogP contribution in [0.5, 0.6) is 0 Å². The van der Waals surface area contributed by atoms with Gasteiger partial charge in [-0.05, 0) is 25.8 Å². The number of carbonyl (C=O) groups is 1. The maximum Gasteiger partial charge on any atom is 0.317 e. The minimum atomic E-state index is -0.542. The average molecular weight is 418 g/mol. The number of urea groups is 1. The second-order valence-electron chi connectivity index (χ2n) is 6.91. The lowest BCUT2D eigenvalue weighted by atomic mass is 10.1. The van der Waals surface area contributed by atoms with E-state index >= 15 is 0 Å². The summed E-state index contributed by atoms with van der Waals surface area (Å²) in [4.78, 5) is 29.6. The number of amides is 2. The number of nitrogens with one attached hydrogen (secondary N) is 3. The fourth-order valence-electron chi connectivity index (χ4n) is 3.50. The smallest absolute Gasteiger partial charge is 0.317 e. The number of piperidine rings is 1. The van der Waals surface area contributed by atoms with E-state index in [9.17, 15) is 9.18 Å². The summed E-state index contributed by atoms with van der Waals surface area (Å²) < 4.78 is 14.4. The molecular weight excluding hydrogens is 397 g/mol. The number of likely N-dealkylation sites (tertiary alicyclic amines) is 1. The molecule has 0 radical (unpaired) electrons. The van der Waals surface area contributed by atoms with Crippen molar-refractivity contribution < 1.29 is 9.18 Å². The summed E-state index contributed by atoms with van der Waals surface area (Å²) in [6.07, 6.45) is 6.07. The highest BCUT2D eigenvalue weighted by atomic mass is 35.5. The maximum atomic E-state index is 14.4. The molecule has 29 heavy (non-hydrogen) atoms. The topological polar surface area (TPSA) is 98.8 Å². The number of fused-ring (bicyclic) bond motifs is 1. The normalized spacial score (nSPS) is 16.8. The number of hydrogen-bond donors (Lipinski definition) is 3. The molecule has 1 aliphatic heterocycles. The van der Waals surface area contributed by atoms with Crippen LogP contribution in [0.15, 0.2) is 24.7 Å². The molecule has 2 amide bonds. The molecule has 0 saturated carbocycles. The van der Waals surface area contributed by atoms with Gasteiger partial charge >= 0.3 is 6.03 Å². The first-order valence-corrected chi connectivity index (χ1v) is 9.87. The fraction of sp³-hybridized carbons (Fsp3) is 0.368. The standard InChI is InChI=1S/C19H21ClFN7O/c1-2-22-19(29)28-5-3-4-12(10-28)26-18-15(21)9-25-17(27-18)14-8-24-16-13(14)6-11(20)7-23-16/h6-9,12H,2-5,10H2,1H3,(H,22,29)(H,23,24)(H,25,26,27)/t12-/m0/s1. The third-order valence-corrected chi connectivity index (χ3v) is 5.07. The number of pyridine rings is 1. The molecule has 4 rings (SSSR count). The quantitative estimate of drug-likeness (QED) is 0.604. The molecule has 0 aromatic carbocycles. The van der Waals surface area contributed by atoms with Gasteiger partial charge in [0.1, 0.15) is 5.65 Å². The molecule has 10 heteroatoms. The molecule has 0 spiro atoms. The molecule has 0 bridgehead atoms. The van der Waals surface area contributed by atoms with Gasteiger partial charge in [-0.25, -0.2) is 24.1 Å². The Kier molecular flexibility index (Phi) is 5.48. The van der Waals surface area contributed by atoms with Crippen molar-refractivity contribution in [2.24, 2.45) is 0 Å². The van der Waals surface area contributed by atoms with Crippen LogP contribution in [-0.2, 0) is 0 Å². The number of anilines is 1. The zero-order valence-electron chi connectivity index (χ0n) is 15.9. The van der Waals surface area contributed by atoms with E-state index < -0.39 is 5.82 Å². The number of halogens is 2. The van der Waals surface area contributed by atoms with Gasteiger partial charge in [0.25, 0.3) is 0 Å². The lowest BCUT2D eigenvalue weighted by Crippen LogP contribution is -2.49. The van der Waals surface area contributed by atoms with Crippen molar-refractivity contribution >= 4 is 34.5 Å². The number of H-pyrrole nitrogens is 1. The van der Waals surface area contributed by atoms with Crippen LogP contribution in [0, 0.1) is 5.82 Å². The molecule has 0 aliphatic carbocycles. The molecular formula is C19H21ClFN7O. The van der Waals surface area contributed by atoms with Gasteiger partial charge in [-0.3, -0.25) is 0 Å². The summed E-state index contributed by atoms with van der Waals surface area (Å²) in [6, 6.07) is 1.56. The third-order valence-electron chi connectivity index (χ3n) is 4.86. The monoisotopic (exact) mass is 417 g/mol. The van der Waals surface area contributed by atoms with Crippen molar-refractivity contribution in [2.45, 2.75) is 25.8 Å². The van der Waals surface area contributed by atoms with Gasteiger partial charge in [0.15, 0.2) is 17.5 Å². The molecule has 152 valence electrons. The zero-order chi connectivity index (χ0) is 20.4. The Morgan fingerprint density at radius 3 is 3.10 bits per heavy atom.